The van der Waals surface area contributed by atoms with Gasteiger partial charge < -0.3 is 5.32 Å². The van der Waals surface area contributed by atoms with Gasteiger partial charge in [-0.1, -0.05) is 0 Å². The van der Waals surface area contributed by atoms with E-state index in [0.29, 0.717) is 0 Å². The van der Waals surface area contributed by atoms with Crippen molar-refractivity contribution in [2.45, 2.75) is 6.10 Å². The zero-order valence-electron chi connectivity index (χ0n) is 3.48. The number of nitrogens with one attached hydrogen (secondary N) is 1. The Bertz CT molecular complexity index is 41.3. The van der Waals surface area contributed by atoms with Crippen LogP contribution in [0.15, 0.2) is 0 Å². The quantitative estimate of drug-likeness (QED) is 0.398. The Morgan fingerprint density at radius 3 is 2.33 bits per heavy atom. The Balaban J connectivity index is 2.01. The van der Waals surface area contributed by atoms with Crippen LogP contribution in [0.3, 0.4) is 0 Å². The maximum atomic E-state index is 4.79. The molecule has 0 radical (unpaired) electrons. The van der Waals surface area contributed by atoms with Gasteiger partial charge >= 0.3 is 0 Å². The third-order valence-corrected chi connectivity index (χ3v) is 0.936. The van der Waals surface area contributed by atoms with Crippen molar-refractivity contribution in [2.75, 3.05) is 13.1 Å². The van der Waals surface area contributed by atoms with E-state index in [1.807, 2.05) is 0 Å². The molecule has 0 aliphatic carbocycles. The molecule has 3 heteroatoms. The monoisotopic (exact) mass is 88.1 g/mol. The molecule has 3 nitrogen and oxygen atoms in total. The standard InChI is InChI=1S/C3H8N2O/c4-6-3-1-5-2-3/h3,5H,1-2,4H2. The highest BCUT2D eigenvalue weighted by Crippen LogP contribution is 1.90. The van der Waals surface area contributed by atoms with Gasteiger partial charge in [0, 0.05) is 13.1 Å². The van der Waals surface area contributed by atoms with Crippen LogP contribution >= 0.6 is 0 Å². The molecule has 1 aliphatic rings. The zero-order chi connectivity index (χ0) is 4.41. The zero-order valence-corrected chi connectivity index (χ0v) is 3.48. The van der Waals surface area contributed by atoms with E-state index in [2.05, 4.69) is 10.2 Å². The van der Waals surface area contributed by atoms with Gasteiger partial charge in [0.15, 0.2) is 0 Å². The first-order valence-electron chi connectivity index (χ1n) is 2.00. The number of rotatable bonds is 1. The lowest BCUT2D eigenvalue weighted by atomic mass is 10.2. The van der Waals surface area contributed by atoms with Crippen molar-refractivity contribution >= 4 is 0 Å². The summed E-state index contributed by atoms with van der Waals surface area (Å²) in [6.07, 6.45) is 0.282. The van der Waals surface area contributed by atoms with Crippen molar-refractivity contribution in [2.24, 2.45) is 5.90 Å². The molecule has 0 aromatic rings. The van der Waals surface area contributed by atoms with Gasteiger partial charge in [0.2, 0.25) is 0 Å². The predicted molar refractivity (Wildman–Crippen MR) is 21.9 cm³/mol. The Kier molecular flexibility index (Phi) is 1.05. The van der Waals surface area contributed by atoms with E-state index in [0.717, 1.165) is 13.1 Å². The van der Waals surface area contributed by atoms with Crippen molar-refractivity contribution in [3.05, 3.63) is 0 Å². The molecule has 0 bridgehead atoms. The van der Waals surface area contributed by atoms with Crippen LogP contribution in [0.2, 0.25) is 0 Å². The molecular formula is C3H8N2O. The third-order valence-electron chi connectivity index (χ3n) is 0.936. The highest BCUT2D eigenvalue weighted by Gasteiger charge is 2.14. The van der Waals surface area contributed by atoms with E-state index >= 15 is 0 Å². The summed E-state index contributed by atoms with van der Waals surface area (Å²) in [4.78, 5) is 4.42. The van der Waals surface area contributed by atoms with E-state index < -0.39 is 0 Å². The molecule has 1 rings (SSSR count). The van der Waals surface area contributed by atoms with E-state index in [1.165, 1.54) is 0 Å². The van der Waals surface area contributed by atoms with Crippen molar-refractivity contribution < 1.29 is 4.84 Å². The fourth-order valence-corrected chi connectivity index (χ4v) is 0.358. The summed E-state index contributed by atoms with van der Waals surface area (Å²) < 4.78 is 0. The minimum absolute atomic E-state index is 0.282. The Labute approximate surface area is 36.4 Å². The summed E-state index contributed by atoms with van der Waals surface area (Å²) in [5.74, 6) is 4.79. The van der Waals surface area contributed by atoms with Crippen molar-refractivity contribution in [3.8, 4) is 0 Å². The lowest BCUT2D eigenvalue weighted by molar-refractivity contribution is 0.0182. The van der Waals surface area contributed by atoms with Gasteiger partial charge in [0.25, 0.3) is 0 Å². The van der Waals surface area contributed by atoms with Gasteiger partial charge in [0.05, 0.1) is 0 Å². The van der Waals surface area contributed by atoms with Gasteiger partial charge in [-0.25, -0.2) is 5.90 Å². The molecule has 0 unspecified atom stereocenters. The molecular weight excluding hydrogens is 80.0 g/mol. The Morgan fingerprint density at radius 2 is 2.33 bits per heavy atom. The van der Waals surface area contributed by atoms with E-state index in [4.69, 9.17) is 5.90 Å². The molecule has 1 aliphatic heterocycles. The van der Waals surface area contributed by atoms with Crippen molar-refractivity contribution in [1.29, 1.82) is 0 Å². The lowest BCUT2D eigenvalue weighted by Gasteiger charge is -2.23. The highest BCUT2D eigenvalue weighted by molar-refractivity contribution is 4.73. The van der Waals surface area contributed by atoms with Gasteiger partial charge in [-0.15, -0.1) is 0 Å². The second-order valence-corrected chi connectivity index (χ2v) is 1.42. The molecule has 1 heterocycles. The maximum Gasteiger partial charge on any atom is 0.103 e. The molecule has 1 saturated heterocycles. The first kappa shape index (κ1) is 4.05. The van der Waals surface area contributed by atoms with Gasteiger partial charge in [-0.2, -0.15) is 0 Å². The largest absolute Gasteiger partial charge is 0.311 e. The summed E-state index contributed by atoms with van der Waals surface area (Å²) in [6.45, 7) is 1.83. The molecule has 0 saturated carbocycles. The second-order valence-electron chi connectivity index (χ2n) is 1.42. The van der Waals surface area contributed by atoms with E-state index in [-0.39, 0.29) is 6.10 Å². The maximum absolute atomic E-state index is 4.79. The molecule has 6 heavy (non-hydrogen) atoms. The topological polar surface area (TPSA) is 47.3 Å². The Morgan fingerprint density at radius 1 is 1.67 bits per heavy atom. The summed E-state index contributed by atoms with van der Waals surface area (Å²) in [6, 6.07) is 0. The second kappa shape index (κ2) is 1.55. The number of hydrogen-bond acceptors (Lipinski definition) is 3. The minimum atomic E-state index is 0.282. The van der Waals surface area contributed by atoms with E-state index in [9.17, 15) is 0 Å². The van der Waals surface area contributed by atoms with Crippen LogP contribution in [0.5, 0.6) is 0 Å². The highest BCUT2D eigenvalue weighted by atomic mass is 16.6. The average Bonchev–Trinajstić information content (AvgIpc) is 1.31. The van der Waals surface area contributed by atoms with Gasteiger partial charge in [0.1, 0.15) is 6.10 Å². The summed E-state index contributed by atoms with van der Waals surface area (Å²) in [5, 5.41) is 3.01. The normalized spacial score (nSPS) is 23.5. The van der Waals surface area contributed by atoms with Crippen LogP contribution in [0.4, 0.5) is 0 Å². The molecule has 0 aromatic heterocycles. The molecule has 3 N–H and O–H groups in total. The van der Waals surface area contributed by atoms with Crippen LogP contribution in [0, 0.1) is 0 Å². The SMILES string of the molecule is NOC1CNC1. The Hall–Kier alpha value is -0.120. The fourth-order valence-electron chi connectivity index (χ4n) is 0.358. The number of nitrogens with two attached hydrogens (primary N) is 1. The molecule has 0 aromatic carbocycles. The fraction of sp³-hybridized carbons (Fsp3) is 1.00. The van der Waals surface area contributed by atoms with Crippen molar-refractivity contribution in [1.82, 2.24) is 5.32 Å². The van der Waals surface area contributed by atoms with Gasteiger partial charge in [-0.3, -0.25) is 4.84 Å². The first-order valence-corrected chi connectivity index (χ1v) is 2.00. The van der Waals surface area contributed by atoms with Crippen molar-refractivity contribution in [3.63, 3.8) is 0 Å². The van der Waals surface area contributed by atoms with Crippen LogP contribution in [-0.4, -0.2) is 19.2 Å². The summed E-state index contributed by atoms with van der Waals surface area (Å²) in [7, 11) is 0. The van der Waals surface area contributed by atoms with Crippen LogP contribution in [-0.2, 0) is 4.84 Å². The minimum Gasteiger partial charge on any atom is -0.311 e. The molecule has 0 amide bonds. The predicted octanol–water partition coefficient (Wildman–Crippen LogP) is -1.15. The smallest absolute Gasteiger partial charge is 0.103 e. The third kappa shape index (κ3) is 0.518. The number of hydrogen-bond donors (Lipinski definition) is 2. The first-order chi connectivity index (χ1) is 2.93. The summed E-state index contributed by atoms with van der Waals surface area (Å²) >= 11 is 0. The molecule has 0 spiro atoms. The average molecular weight is 88.1 g/mol. The molecule has 36 valence electrons. The molecule has 0 atom stereocenters. The molecule has 1 fully saturated rings. The van der Waals surface area contributed by atoms with Gasteiger partial charge in [-0.05, 0) is 0 Å². The van der Waals surface area contributed by atoms with Crippen LogP contribution in [0.1, 0.15) is 0 Å². The van der Waals surface area contributed by atoms with Crippen LogP contribution in [0.25, 0.3) is 0 Å². The van der Waals surface area contributed by atoms with Crippen LogP contribution < -0.4 is 11.2 Å². The summed E-state index contributed by atoms with van der Waals surface area (Å²) in [5.41, 5.74) is 0. The van der Waals surface area contributed by atoms with E-state index in [1.54, 1.807) is 0 Å². The lowest BCUT2D eigenvalue weighted by Crippen LogP contribution is -2.49.